The van der Waals surface area contributed by atoms with Crippen molar-refractivity contribution in [1.82, 2.24) is 0 Å². The van der Waals surface area contributed by atoms with Gasteiger partial charge in [-0.15, -0.1) is 0 Å². The number of hydrogen-bond donors (Lipinski definition) is 3. The molecule has 1 heterocycles. The number of aliphatic carboxylic acids is 1. The van der Waals surface area contributed by atoms with Crippen LogP contribution in [-0.4, -0.2) is 35.5 Å². The Hall–Kier alpha value is -3.87. The van der Waals surface area contributed by atoms with E-state index < -0.39 is 5.97 Å². The summed E-state index contributed by atoms with van der Waals surface area (Å²) in [6.07, 6.45) is 2.28. The molecule has 2 aromatic carbocycles. The van der Waals surface area contributed by atoms with Crippen LogP contribution >= 0.6 is 0 Å². The number of ether oxygens (including phenoxy) is 2. The van der Waals surface area contributed by atoms with Crippen LogP contribution in [0.1, 0.15) is 5.76 Å². The molecule has 7 nitrogen and oxygen atoms in total. The standard InChI is InChI=1S/C21H18O7/c1-26-18-6-3-12(9-16(18)22)15-11-14(5-8-20(24)25)28-21(15)13-4-7-19(27-2)17(23)10-13/h3-11,22-23H,1-2H3,(H,24,25)/b8-5+. The third kappa shape index (κ3) is 3.78. The Morgan fingerprint density at radius 2 is 1.50 bits per heavy atom. The first-order chi connectivity index (χ1) is 13.4. The van der Waals surface area contributed by atoms with Crippen LogP contribution in [0.25, 0.3) is 28.5 Å². The minimum Gasteiger partial charge on any atom is -0.504 e. The molecule has 0 saturated carbocycles. The first kappa shape index (κ1) is 18.9. The molecule has 3 rings (SSSR count). The van der Waals surface area contributed by atoms with Crippen molar-refractivity contribution in [1.29, 1.82) is 0 Å². The molecule has 0 radical (unpaired) electrons. The van der Waals surface area contributed by atoms with Gasteiger partial charge in [0.2, 0.25) is 0 Å². The number of benzene rings is 2. The number of furan rings is 1. The molecule has 0 atom stereocenters. The summed E-state index contributed by atoms with van der Waals surface area (Å²) >= 11 is 0. The number of methoxy groups -OCH3 is 2. The van der Waals surface area contributed by atoms with Gasteiger partial charge in [0.15, 0.2) is 23.0 Å². The van der Waals surface area contributed by atoms with Crippen LogP contribution in [-0.2, 0) is 4.79 Å². The first-order valence-electron chi connectivity index (χ1n) is 8.22. The Balaban J connectivity index is 2.16. The van der Waals surface area contributed by atoms with Crippen LogP contribution in [0.2, 0.25) is 0 Å². The molecular formula is C21H18O7. The highest BCUT2D eigenvalue weighted by molar-refractivity contribution is 5.87. The Morgan fingerprint density at radius 1 is 0.929 bits per heavy atom. The third-order valence-electron chi connectivity index (χ3n) is 4.07. The van der Waals surface area contributed by atoms with E-state index in [1.807, 2.05) is 0 Å². The zero-order valence-electron chi connectivity index (χ0n) is 15.2. The lowest BCUT2D eigenvalue weighted by atomic mass is 10.0. The van der Waals surface area contributed by atoms with Crippen molar-refractivity contribution in [3.63, 3.8) is 0 Å². The Labute approximate surface area is 160 Å². The second kappa shape index (κ2) is 7.79. The molecule has 7 heteroatoms. The Morgan fingerprint density at radius 3 is 2.04 bits per heavy atom. The van der Waals surface area contributed by atoms with E-state index in [9.17, 15) is 15.0 Å². The van der Waals surface area contributed by atoms with Crippen molar-refractivity contribution < 1.29 is 34.0 Å². The van der Waals surface area contributed by atoms with E-state index >= 15 is 0 Å². The van der Waals surface area contributed by atoms with Gasteiger partial charge in [-0.25, -0.2) is 4.79 Å². The average Bonchev–Trinajstić information content (AvgIpc) is 3.10. The van der Waals surface area contributed by atoms with Crippen molar-refractivity contribution in [3.05, 3.63) is 54.3 Å². The number of carboxylic acids is 1. The lowest BCUT2D eigenvalue weighted by Gasteiger charge is -2.08. The van der Waals surface area contributed by atoms with Crippen molar-refractivity contribution in [2.75, 3.05) is 14.2 Å². The van der Waals surface area contributed by atoms with Crippen LogP contribution in [0.15, 0.2) is 53.0 Å². The topological polar surface area (TPSA) is 109 Å². The molecular weight excluding hydrogens is 364 g/mol. The van der Waals surface area contributed by atoms with Gasteiger partial charge < -0.3 is 29.2 Å². The fraction of sp³-hybridized carbons (Fsp3) is 0.0952. The summed E-state index contributed by atoms with van der Waals surface area (Å²) in [6.45, 7) is 0. The molecule has 3 N–H and O–H groups in total. The smallest absolute Gasteiger partial charge is 0.328 e. The molecule has 0 aliphatic carbocycles. The monoisotopic (exact) mass is 382 g/mol. The van der Waals surface area contributed by atoms with Crippen LogP contribution in [0.4, 0.5) is 0 Å². The van der Waals surface area contributed by atoms with E-state index in [0.717, 1.165) is 6.08 Å². The predicted octanol–water partition coefficient (Wildman–Crippen LogP) is 4.14. The second-order valence-electron chi connectivity index (χ2n) is 5.84. The fourth-order valence-corrected chi connectivity index (χ4v) is 2.76. The molecule has 28 heavy (non-hydrogen) atoms. The second-order valence-corrected chi connectivity index (χ2v) is 5.84. The molecule has 0 fully saturated rings. The zero-order valence-corrected chi connectivity index (χ0v) is 15.2. The van der Waals surface area contributed by atoms with Gasteiger partial charge in [0.05, 0.1) is 14.2 Å². The normalized spacial score (nSPS) is 10.9. The molecule has 0 bridgehead atoms. The number of phenolic OH excluding ortho intramolecular Hbond substituents is 2. The number of phenols is 2. The highest BCUT2D eigenvalue weighted by atomic mass is 16.5. The third-order valence-corrected chi connectivity index (χ3v) is 4.07. The van der Waals surface area contributed by atoms with Crippen molar-refractivity contribution in [2.45, 2.75) is 0 Å². The van der Waals surface area contributed by atoms with Gasteiger partial charge in [-0.3, -0.25) is 0 Å². The van der Waals surface area contributed by atoms with Crippen LogP contribution in [0.5, 0.6) is 23.0 Å². The minimum absolute atomic E-state index is 0.0487. The minimum atomic E-state index is -1.11. The van der Waals surface area contributed by atoms with Gasteiger partial charge >= 0.3 is 5.97 Å². The number of hydrogen-bond acceptors (Lipinski definition) is 6. The number of carbonyl (C=O) groups is 1. The Kier molecular flexibility index (Phi) is 5.26. The number of aromatic hydroxyl groups is 2. The van der Waals surface area contributed by atoms with Crippen LogP contribution < -0.4 is 9.47 Å². The van der Waals surface area contributed by atoms with Crippen LogP contribution in [0.3, 0.4) is 0 Å². The highest BCUT2D eigenvalue weighted by Gasteiger charge is 2.17. The van der Waals surface area contributed by atoms with E-state index in [2.05, 4.69) is 0 Å². The van der Waals surface area contributed by atoms with Crippen molar-refractivity contribution >= 4 is 12.0 Å². The maximum Gasteiger partial charge on any atom is 0.328 e. The van der Waals surface area contributed by atoms with Crippen molar-refractivity contribution in [3.8, 4) is 45.4 Å². The Bertz CT molecular complexity index is 976. The van der Waals surface area contributed by atoms with E-state index in [4.69, 9.17) is 19.0 Å². The summed E-state index contributed by atoms with van der Waals surface area (Å²) in [5, 5.41) is 29.1. The number of carboxylic acid groups (broad SMARTS) is 1. The van der Waals surface area contributed by atoms with E-state index in [-0.39, 0.29) is 11.5 Å². The van der Waals surface area contributed by atoms with E-state index in [1.54, 1.807) is 30.3 Å². The van der Waals surface area contributed by atoms with Gasteiger partial charge in [0.1, 0.15) is 11.5 Å². The SMILES string of the molecule is COc1ccc(-c2cc(/C=C/C(=O)O)oc2-c2ccc(OC)c(O)c2)cc1O. The summed E-state index contributed by atoms with van der Waals surface area (Å²) in [5.74, 6) is 0.107. The summed E-state index contributed by atoms with van der Waals surface area (Å²) in [5.41, 5.74) is 1.79. The molecule has 0 amide bonds. The van der Waals surface area contributed by atoms with Crippen molar-refractivity contribution in [2.24, 2.45) is 0 Å². The van der Waals surface area contributed by atoms with E-state index in [1.165, 1.54) is 32.4 Å². The summed E-state index contributed by atoms with van der Waals surface area (Å²) < 4.78 is 15.9. The zero-order chi connectivity index (χ0) is 20.3. The molecule has 0 aliphatic rings. The largest absolute Gasteiger partial charge is 0.504 e. The summed E-state index contributed by atoms with van der Waals surface area (Å²) in [4.78, 5) is 10.8. The maximum absolute atomic E-state index is 10.8. The molecule has 0 unspecified atom stereocenters. The van der Waals surface area contributed by atoms with Crippen LogP contribution in [0, 0.1) is 0 Å². The van der Waals surface area contributed by atoms with Gasteiger partial charge in [0.25, 0.3) is 0 Å². The quantitative estimate of drug-likeness (QED) is 0.550. The summed E-state index contributed by atoms with van der Waals surface area (Å²) in [7, 11) is 2.90. The molecule has 0 aliphatic heterocycles. The lowest BCUT2D eigenvalue weighted by Crippen LogP contribution is -1.86. The number of rotatable bonds is 6. The molecule has 144 valence electrons. The molecule has 3 aromatic rings. The van der Waals surface area contributed by atoms with Gasteiger partial charge in [-0.1, -0.05) is 6.07 Å². The first-order valence-corrected chi connectivity index (χ1v) is 8.22. The summed E-state index contributed by atoms with van der Waals surface area (Å²) in [6, 6.07) is 11.3. The highest BCUT2D eigenvalue weighted by Crippen LogP contribution is 2.41. The van der Waals surface area contributed by atoms with Gasteiger partial charge in [-0.05, 0) is 48.0 Å². The lowest BCUT2D eigenvalue weighted by molar-refractivity contribution is -0.131. The fourth-order valence-electron chi connectivity index (χ4n) is 2.76. The molecule has 0 saturated heterocycles. The predicted molar refractivity (Wildman–Crippen MR) is 103 cm³/mol. The maximum atomic E-state index is 10.8. The molecule has 1 aromatic heterocycles. The van der Waals surface area contributed by atoms with Gasteiger partial charge in [-0.2, -0.15) is 0 Å². The average molecular weight is 382 g/mol. The van der Waals surface area contributed by atoms with E-state index in [0.29, 0.717) is 39.7 Å². The molecule has 0 spiro atoms. The van der Waals surface area contributed by atoms with Gasteiger partial charge in [0, 0.05) is 17.2 Å².